The van der Waals surface area contributed by atoms with E-state index >= 15 is 0 Å². The first kappa shape index (κ1) is 11.9. The summed E-state index contributed by atoms with van der Waals surface area (Å²) in [4.78, 5) is 8.93. The molecule has 0 unspecified atom stereocenters. The van der Waals surface area contributed by atoms with Crippen molar-refractivity contribution in [2.24, 2.45) is 0 Å². The number of hydrogen-bond acceptors (Lipinski definition) is 4. The highest BCUT2D eigenvalue weighted by atomic mass is 127. The summed E-state index contributed by atoms with van der Waals surface area (Å²) >= 11 is 3.88. The lowest BCUT2D eigenvalue weighted by atomic mass is 10.1. The van der Waals surface area contributed by atoms with Crippen molar-refractivity contribution in [1.29, 1.82) is 0 Å². The molecule has 0 fully saturated rings. The van der Waals surface area contributed by atoms with Crippen molar-refractivity contribution in [1.82, 2.24) is 9.97 Å². The van der Waals surface area contributed by atoms with Gasteiger partial charge in [-0.3, -0.25) is 0 Å². The second-order valence-corrected chi connectivity index (χ2v) is 5.97. The number of nitrogens with zero attached hydrogens (tertiary/aromatic N) is 2. The van der Waals surface area contributed by atoms with E-state index in [4.69, 9.17) is 5.73 Å². The summed E-state index contributed by atoms with van der Waals surface area (Å²) in [6, 6.07) is 8.26. The maximum Gasteiger partial charge on any atom is 0.163 e. The van der Waals surface area contributed by atoms with Crippen molar-refractivity contribution >= 4 is 49.8 Å². The molecule has 90 valence electrons. The highest BCUT2D eigenvalue weighted by Gasteiger charge is 2.12. The van der Waals surface area contributed by atoms with Gasteiger partial charge in [-0.15, -0.1) is 11.3 Å². The molecule has 18 heavy (non-hydrogen) atoms. The number of aryl methyl sites for hydroxylation is 1. The fraction of sp³-hybridized carbons (Fsp3) is 0.0769. The third-order valence-corrected chi connectivity index (χ3v) is 5.06. The minimum Gasteiger partial charge on any atom is -0.383 e. The lowest BCUT2D eigenvalue weighted by Gasteiger charge is -2.05. The van der Waals surface area contributed by atoms with Crippen LogP contribution in [-0.4, -0.2) is 9.97 Å². The minimum atomic E-state index is 0.549. The number of nitrogens with two attached hydrogens (primary N) is 1. The third kappa shape index (κ3) is 1.87. The van der Waals surface area contributed by atoms with Crippen molar-refractivity contribution in [2.45, 2.75) is 6.92 Å². The number of thiophene rings is 1. The van der Waals surface area contributed by atoms with E-state index in [0.717, 1.165) is 14.8 Å². The predicted octanol–water partition coefficient (Wildman–Crippen LogP) is 3.85. The van der Waals surface area contributed by atoms with Crippen LogP contribution < -0.4 is 5.73 Å². The Morgan fingerprint density at radius 1 is 1.22 bits per heavy atom. The molecule has 0 saturated carbocycles. The van der Waals surface area contributed by atoms with E-state index in [1.54, 1.807) is 11.3 Å². The topological polar surface area (TPSA) is 51.8 Å². The van der Waals surface area contributed by atoms with Crippen LogP contribution in [0.3, 0.4) is 0 Å². The van der Waals surface area contributed by atoms with Gasteiger partial charge in [0.25, 0.3) is 0 Å². The minimum absolute atomic E-state index is 0.549. The van der Waals surface area contributed by atoms with Crippen LogP contribution in [0, 0.1) is 10.5 Å². The first-order chi connectivity index (χ1) is 8.66. The molecule has 1 aromatic carbocycles. The van der Waals surface area contributed by atoms with Crippen LogP contribution in [0.4, 0.5) is 5.82 Å². The van der Waals surface area contributed by atoms with Gasteiger partial charge < -0.3 is 5.73 Å². The molecule has 0 aliphatic heterocycles. The average molecular weight is 367 g/mol. The summed E-state index contributed by atoms with van der Waals surface area (Å²) in [5.41, 5.74) is 7.90. The van der Waals surface area contributed by atoms with E-state index in [0.29, 0.717) is 11.6 Å². The normalized spacial score (nSPS) is 11.0. The number of nitrogen functional groups attached to an aromatic ring is 1. The van der Waals surface area contributed by atoms with Gasteiger partial charge in [-0.05, 0) is 35.6 Å². The van der Waals surface area contributed by atoms with E-state index in [1.807, 2.05) is 19.1 Å². The Morgan fingerprint density at radius 2 is 2.00 bits per heavy atom. The fourth-order valence-electron chi connectivity index (χ4n) is 1.85. The first-order valence-electron chi connectivity index (χ1n) is 5.43. The molecule has 0 atom stereocenters. The fourth-order valence-corrected chi connectivity index (χ4v) is 3.03. The number of hydrogen-bond donors (Lipinski definition) is 1. The molecule has 0 saturated heterocycles. The maximum atomic E-state index is 5.92. The van der Waals surface area contributed by atoms with Crippen molar-refractivity contribution < 1.29 is 0 Å². The second-order valence-electron chi connectivity index (χ2n) is 3.98. The summed E-state index contributed by atoms with van der Waals surface area (Å²) in [6.45, 7) is 1.96. The molecule has 3 rings (SSSR count). The van der Waals surface area contributed by atoms with E-state index in [1.165, 1.54) is 10.1 Å². The lowest BCUT2D eigenvalue weighted by Crippen LogP contribution is -2.01. The maximum absolute atomic E-state index is 5.92. The van der Waals surface area contributed by atoms with Gasteiger partial charge in [-0.1, -0.05) is 18.2 Å². The van der Waals surface area contributed by atoms with Gasteiger partial charge in [-0.2, -0.15) is 0 Å². The predicted molar refractivity (Wildman–Crippen MR) is 84.7 cm³/mol. The third-order valence-electron chi connectivity index (χ3n) is 2.76. The summed E-state index contributed by atoms with van der Waals surface area (Å²) in [6.07, 6.45) is 0. The van der Waals surface area contributed by atoms with E-state index in [9.17, 15) is 0 Å². The molecule has 2 heterocycles. The standard InChI is InChI=1S/C13H10IN3S/c1-7-11(14)12(15)17-13(16-7)9-6-18-10-5-3-2-4-8(9)10/h2-6H,1H3,(H2,15,16,17). The second kappa shape index (κ2) is 4.47. The van der Waals surface area contributed by atoms with Crippen molar-refractivity contribution in [3.63, 3.8) is 0 Å². The zero-order valence-electron chi connectivity index (χ0n) is 9.64. The molecule has 3 aromatic rings. The average Bonchev–Trinajstić information content (AvgIpc) is 2.79. The van der Waals surface area contributed by atoms with Crippen LogP contribution in [0.15, 0.2) is 29.6 Å². The Kier molecular flexibility index (Phi) is 2.95. The zero-order valence-corrected chi connectivity index (χ0v) is 12.6. The molecule has 0 radical (unpaired) electrons. The largest absolute Gasteiger partial charge is 0.383 e. The van der Waals surface area contributed by atoms with Crippen LogP contribution in [0.25, 0.3) is 21.5 Å². The van der Waals surface area contributed by atoms with Gasteiger partial charge in [-0.25, -0.2) is 9.97 Å². The molecule has 0 spiro atoms. The molecule has 3 nitrogen and oxygen atoms in total. The summed E-state index contributed by atoms with van der Waals surface area (Å²) in [5, 5.41) is 3.27. The lowest BCUT2D eigenvalue weighted by molar-refractivity contribution is 1.10. The van der Waals surface area contributed by atoms with Gasteiger partial charge in [0.1, 0.15) is 5.82 Å². The Hall–Kier alpha value is -1.21. The Morgan fingerprint density at radius 3 is 2.78 bits per heavy atom. The molecule has 5 heteroatoms. The van der Waals surface area contributed by atoms with Crippen LogP contribution in [-0.2, 0) is 0 Å². The van der Waals surface area contributed by atoms with Crippen LogP contribution >= 0.6 is 33.9 Å². The smallest absolute Gasteiger partial charge is 0.163 e. The van der Waals surface area contributed by atoms with Gasteiger partial charge in [0.05, 0.1) is 9.26 Å². The Bertz CT molecular complexity index is 713. The van der Waals surface area contributed by atoms with Crippen LogP contribution in [0.2, 0.25) is 0 Å². The van der Waals surface area contributed by atoms with Crippen molar-refractivity contribution in [2.75, 3.05) is 5.73 Å². The highest BCUT2D eigenvalue weighted by molar-refractivity contribution is 14.1. The molecule has 0 aliphatic carbocycles. The SMILES string of the molecule is Cc1nc(-c2csc3ccccc23)nc(N)c1I. The van der Waals surface area contributed by atoms with Gasteiger partial charge in [0, 0.05) is 21.0 Å². The summed E-state index contributed by atoms with van der Waals surface area (Å²) in [7, 11) is 0. The molecule has 0 bridgehead atoms. The Labute approximate surface area is 122 Å². The number of fused-ring (bicyclic) bond motifs is 1. The zero-order chi connectivity index (χ0) is 12.7. The quantitative estimate of drug-likeness (QED) is 0.665. The van der Waals surface area contributed by atoms with Gasteiger partial charge >= 0.3 is 0 Å². The first-order valence-corrected chi connectivity index (χ1v) is 7.39. The summed E-state index contributed by atoms with van der Waals surface area (Å²) < 4.78 is 2.17. The molecular formula is C13H10IN3S. The highest BCUT2D eigenvalue weighted by Crippen LogP contribution is 2.33. The number of aromatic nitrogens is 2. The van der Waals surface area contributed by atoms with Crippen molar-refractivity contribution in [3.8, 4) is 11.4 Å². The van der Waals surface area contributed by atoms with Gasteiger partial charge in [0.2, 0.25) is 0 Å². The molecular weight excluding hydrogens is 357 g/mol. The molecule has 0 aliphatic rings. The molecule has 2 N–H and O–H groups in total. The van der Waals surface area contributed by atoms with Crippen molar-refractivity contribution in [3.05, 3.63) is 38.9 Å². The molecule has 2 aromatic heterocycles. The molecule has 0 amide bonds. The Balaban J connectivity index is 2.26. The van der Waals surface area contributed by atoms with Gasteiger partial charge in [0.15, 0.2) is 5.82 Å². The van der Waals surface area contributed by atoms with E-state index < -0.39 is 0 Å². The number of halogens is 1. The number of rotatable bonds is 1. The van der Waals surface area contributed by atoms with Crippen LogP contribution in [0.1, 0.15) is 5.69 Å². The number of benzene rings is 1. The van der Waals surface area contributed by atoms with E-state index in [2.05, 4.69) is 50.1 Å². The monoisotopic (exact) mass is 367 g/mol. The number of anilines is 1. The summed E-state index contributed by atoms with van der Waals surface area (Å²) in [5.74, 6) is 1.26. The van der Waals surface area contributed by atoms with E-state index in [-0.39, 0.29) is 0 Å². The van der Waals surface area contributed by atoms with Crippen LogP contribution in [0.5, 0.6) is 0 Å².